The van der Waals surface area contributed by atoms with Gasteiger partial charge in [-0.15, -0.1) is 0 Å². The maximum absolute atomic E-state index is 12.1. The molecule has 2 rings (SSSR count). The molecule has 0 aromatic heterocycles. The zero-order chi connectivity index (χ0) is 12.1. The monoisotopic (exact) mass is 241 g/mol. The number of ketones is 1. The first-order chi connectivity index (χ1) is 8.31. The molecule has 0 aromatic carbocycles. The molecule has 0 aromatic rings. The third-order valence-electron chi connectivity index (χ3n) is 3.97. The fourth-order valence-corrected chi connectivity index (χ4v) is 2.91. The van der Waals surface area contributed by atoms with Gasteiger partial charge in [-0.05, 0) is 19.3 Å². The van der Waals surface area contributed by atoms with Crippen LogP contribution < -0.4 is 0 Å². The van der Waals surface area contributed by atoms with Crippen LogP contribution in [0.4, 0.5) is 0 Å². The topological polar surface area (TPSA) is 49.8 Å². The fraction of sp³-hybridized carbons (Fsp3) is 0.923. The molecule has 1 aliphatic carbocycles. The van der Waals surface area contributed by atoms with Crippen molar-refractivity contribution in [1.29, 1.82) is 0 Å². The number of ether oxygens (including phenoxy) is 1. The average molecular weight is 241 g/mol. The van der Waals surface area contributed by atoms with Gasteiger partial charge in [0.05, 0.1) is 19.8 Å². The van der Waals surface area contributed by atoms with Gasteiger partial charge in [0.25, 0.3) is 0 Å². The molecule has 1 aliphatic heterocycles. The molecular formula is C13H23NO3. The van der Waals surface area contributed by atoms with Crippen LogP contribution in [0.1, 0.15) is 32.1 Å². The summed E-state index contributed by atoms with van der Waals surface area (Å²) < 4.78 is 5.26. The van der Waals surface area contributed by atoms with Crippen LogP contribution in [0.25, 0.3) is 0 Å². The summed E-state index contributed by atoms with van der Waals surface area (Å²) in [6.45, 7) is 2.59. The Morgan fingerprint density at radius 3 is 2.65 bits per heavy atom. The van der Waals surface area contributed by atoms with Gasteiger partial charge >= 0.3 is 0 Å². The second-order valence-electron chi connectivity index (χ2n) is 5.16. The second kappa shape index (κ2) is 6.47. The minimum atomic E-state index is 0.0950. The lowest BCUT2D eigenvalue weighted by molar-refractivity contribution is -0.124. The largest absolute Gasteiger partial charge is 0.395 e. The van der Waals surface area contributed by atoms with Crippen LogP contribution in [0.15, 0.2) is 0 Å². The predicted octanol–water partition coefficient (Wildman–Crippen LogP) is 0.829. The molecule has 0 spiro atoms. The quantitative estimate of drug-likeness (QED) is 0.748. The molecule has 0 radical (unpaired) electrons. The Bertz CT molecular complexity index is 245. The molecule has 1 saturated carbocycles. The van der Waals surface area contributed by atoms with E-state index in [0.717, 1.165) is 13.0 Å². The molecule has 1 unspecified atom stereocenters. The summed E-state index contributed by atoms with van der Waals surface area (Å²) >= 11 is 0. The minimum absolute atomic E-state index is 0.0950. The molecule has 2 aliphatic rings. The van der Waals surface area contributed by atoms with E-state index in [1.54, 1.807) is 0 Å². The van der Waals surface area contributed by atoms with Crippen molar-refractivity contribution in [3.05, 3.63) is 0 Å². The number of carbonyl (C=O) groups excluding carboxylic acids is 1. The third-order valence-corrected chi connectivity index (χ3v) is 3.97. The van der Waals surface area contributed by atoms with E-state index in [1.165, 1.54) is 25.7 Å². The van der Waals surface area contributed by atoms with Crippen LogP contribution in [-0.2, 0) is 9.53 Å². The van der Waals surface area contributed by atoms with E-state index in [9.17, 15) is 4.79 Å². The minimum Gasteiger partial charge on any atom is -0.395 e. The fourth-order valence-electron chi connectivity index (χ4n) is 2.91. The van der Waals surface area contributed by atoms with Crippen LogP contribution in [-0.4, -0.2) is 54.7 Å². The lowest BCUT2D eigenvalue weighted by atomic mass is 10.0. The number of Topliss-reactive ketones (excluding diaryl/α,β-unsaturated/α-hetero) is 1. The van der Waals surface area contributed by atoms with Crippen LogP contribution in [0.3, 0.4) is 0 Å². The number of nitrogens with zero attached hydrogens (tertiary/aromatic N) is 1. The summed E-state index contributed by atoms with van der Waals surface area (Å²) in [5.41, 5.74) is 0. The Morgan fingerprint density at radius 1 is 1.29 bits per heavy atom. The van der Waals surface area contributed by atoms with Gasteiger partial charge in [-0.25, -0.2) is 0 Å². The molecule has 17 heavy (non-hydrogen) atoms. The summed E-state index contributed by atoms with van der Waals surface area (Å²) in [5.74, 6) is 0.389. The van der Waals surface area contributed by atoms with Crippen molar-refractivity contribution in [1.82, 2.24) is 4.90 Å². The Labute approximate surface area is 103 Å². The zero-order valence-electron chi connectivity index (χ0n) is 10.4. The van der Waals surface area contributed by atoms with Gasteiger partial charge in [-0.3, -0.25) is 9.69 Å². The average Bonchev–Trinajstić information content (AvgIpc) is 3.01. The van der Waals surface area contributed by atoms with E-state index < -0.39 is 0 Å². The van der Waals surface area contributed by atoms with Gasteiger partial charge in [0.15, 0.2) is 5.78 Å². The standard InChI is InChI=1S/C13H23NO3/c15-7-6-14(12-3-1-2-4-12)9-13(16)11-5-8-17-10-11/h11-12,15H,1-10H2. The van der Waals surface area contributed by atoms with Gasteiger partial charge in [-0.1, -0.05) is 12.8 Å². The highest BCUT2D eigenvalue weighted by atomic mass is 16.5. The van der Waals surface area contributed by atoms with Gasteiger partial charge in [0, 0.05) is 25.1 Å². The summed E-state index contributed by atoms with van der Waals surface area (Å²) in [4.78, 5) is 14.3. The van der Waals surface area contributed by atoms with Gasteiger partial charge in [0.2, 0.25) is 0 Å². The molecule has 1 N–H and O–H groups in total. The first-order valence-corrected chi connectivity index (χ1v) is 6.76. The molecule has 2 fully saturated rings. The highest BCUT2D eigenvalue weighted by molar-refractivity contribution is 5.83. The Kier molecular flexibility index (Phi) is 4.95. The van der Waals surface area contributed by atoms with Crippen molar-refractivity contribution in [2.45, 2.75) is 38.1 Å². The van der Waals surface area contributed by atoms with Gasteiger partial charge in [0.1, 0.15) is 0 Å². The predicted molar refractivity (Wildman–Crippen MR) is 64.8 cm³/mol. The van der Waals surface area contributed by atoms with Crippen molar-refractivity contribution in [3.63, 3.8) is 0 Å². The number of aliphatic hydroxyl groups excluding tert-OH is 1. The van der Waals surface area contributed by atoms with Crippen LogP contribution in [0.2, 0.25) is 0 Å². The Morgan fingerprint density at radius 2 is 2.06 bits per heavy atom. The highest BCUT2D eigenvalue weighted by Crippen LogP contribution is 2.24. The van der Waals surface area contributed by atoms with Crippen molar-refractivity contribution < 1.29 is 14.6 Å². The molecule has 1 saturated heterocycles. The number of aliphatic hydroxyl groups is 1. The van der Waals surface area contributed by atoms with Crippen molar-refractivity contribution in [3.8, 4) is 0 Å². The SMILES string of the molecule is O=C(CN(CCO)C1CCCC1)C1CCOC1. The van der Waals surface area contributed by atoms with Crippen LogP contribution in [0.5, 0.6) is 0 Å². The summed E-state index contributed by atoms with van der Waals surface area (Å²) in [6, 6.07) is 0.508. The Balaban J connectivity index is 1.84. The summed E-state index contributed by atoms with van der Waals surface area (Å²) in [7, 11) is 0. The van der Waals surface area contributed by atoms with E-state index in [2.05, 4.69) is 4.90 Å². The normalized spacial score (nSPS) is 25.9. The van der Waals surface area contributed by atoms with Crippen molar-refractivity contribution >= 4 is 5.78 Å². The maximum Gasteiger partial charge on any atom is 0.152 e. The molecule has 4 nitrogen and oxygen atoms in total. The first kappa shape index (κ1) is 13.0. The molecule has 1 heterocycles. The van der Waals surface area contributed by atoms with E-state index >= 15 is 0 Å². The number of hydrogen-bond donors (Lipinski definition) is 1. The van der Waals surface area contributed by atoms with Gasteiger partial charge < -0.3 is 9.84 Å². The first-order valence-electron chi connectivity index (χ1n) is 6.76. The van der Waals surface area contributed by atoms with Gasteiger partial charge in [-0.2, -0.15) is 0 Å². The number of carbonyl (C=O) groups is 1. The smallest absolute Gasteiger partial charge is 0.152 e. The number of rotatable bonds is 6. The highest BCUT2D eigenvalue weighted by Gasteiger charge is 2.28. The molecule has 4 heteroatoms. The molecular weight excluding hydrogens is 218 g/mol. The van der Waals surface area contributed by atoms with E-state index in [-0.39, 0.29) is 12.5 Å². The molecule has 98 valence electrons. The van der Waals surface area contributed by atoms with E-state index in [0.29, 0.717) is 31.5 Å². The second-order valence-corrected chi connectivity index (χ2v) is 5.16. The maximum atomic E-state index is 12.1. The molecule has 0 amide bonds. The van der Waals surface area contributed by atoms with Crippen molar-refractivity contribution in [2.75, 3.05) is 32.9 Å². The van der Waals surface area contributed by atoms with E-state index in [4.69, 9.17) is 9.84 Å². The lowest BCUT2D eigenvalue weighted by Crippen LogP contribution is -2.41. The summed E-state index contributed by atoms with van der Waals surface area (Å²) in [6.07, 6.45) is 5.74. The lowest BCUT2D eigenvalue weighted by Gasteiger charge is -2.28. The van der Waals surface area contributed by atoms with Crippen molar-refractivity contribution in [2.24, 2.45) is 5.92 Å². The number of hydrogen-bond acceptors (Lipinski definition) is 4. The third kappa shape index (κ3) is 3.50. The molecule has 1 atom stereocenters. The summed E-state index contributed by atoms with van der Waals surface area (Å²) in [5, 5.41) is 9.10. The zero-order valence-corrected chi connectivity index (χ0v) is 10.4. The molecule has 0 bridgehead atoms. The van der Waals surface area contributed by atoms with Crippen LogP contribution >= 0.6 is 0 Å². The Hall–Kier alpha value is -0.450. The van der Waals surface area contributed by atoms with E-state index in [1.807, 2.05) is 0 Å². The van der Waals surface area contributed by atoms with Crippen LogP contribution in [0, 0.1) is 5.92 Å².